The zero-order valence-corrected chi connectivity index (χ0v) is 19.5. The van der Waals surface area contributed by atoms with Gasteiger partial charge in [0.2, 0.25) is 11.1 Å². The molecule has 0 unspecified atom stereocenters. The number of nitrogens with zero attached hydrogens (tertiary/aromatic N) is 3. The van der Waals surface area contributed by atoms with Gasteiger partial charge in [-0.25, -0.2) is 9.48 Å². The van der Waals surface area contributed by atoms with E-state index < -0.39 is 6.04 Å². The molecule has 1 aromatic heterocycles. The summed E-state index contributed by atoms with van der Waals surface area (Å²) in [5.74, 6) is 1.55. The third kappa shape index (κ3) is 4.47. The molecule has 1 N–H and O–H groups in total. The molecule has 0 saturated heterocycles. The van der Waals surface area contributed by atoms with Crippen LogP contribution in [0.25, 0.3) is 0 Å². The third-order valence-corrected chi connectivity index (χ3v) is 6.33. The third-order valence-electron chi connectivity index (χ3n) is 5.07. The molecule has 4 rings (SSSR count). The van der Waals surface area contributed by atoms with Gasteiger partial charge in [-0.3, -0.25) is 0 Å². The topological polar surface area (TPSA) is 78.3 Å². The molecule has 0 fully saturated rings. The monoisotopic (exact) mass is 470 g/mol. The second kappa shape index (κ2) is 9.67. The number of thioether (sulfide) groups is 1. The zero-order chi connectivity index (χ0) is 22.7. The van der Waals surface area contributed by atoms with E-state index in [4.69, 9.17) is 26.2 Å². The summed E-state index contributed by atoms with van der Waals surface area (Å²) >= 11 is 7.77. The fraction of sp³-hybridized carbons (Fsp3) is 0.261. The van der Waals surface area contributed by atoms with Crippen LogP contribution >= 0.6 is 23.4 Å². The van der Waals surface area contributed by atoms with Crippen molar-refractivity contribution in [2.24, 2.45) is 0 Å². The highest BCUT2D eigenvalue weighted by Gasteiger charge is 2.35. The Kier molecular flexibility index (Phi) is 6.72. The van der Waals surface area contributed by atoms with Crippen LogP contribution in [0.1, 0.15) is 31.0 Å². The van der Waals surface area contributed by atoms with Gasteiger partial charge in [-0.2, -0.15) is 4.98 Å². The van der Waals surface area contributed by atoms with E-state index in [1.807, 2.05) is 55.5 Å². The number of anilines is 1. The number of esters is 1. The minimum atomic E-state index is -0.474. The number of allylic oxidation sites excluding steroid dienone is 1. The van der Waals surface area contributed by atoms with Crippen LogP contribution in [0, 0.1) is 0 Å². The van der Waals surface area contributed by atoms with Gasteiger partial charge in [0.25, 0.3) is 0 Å². The normalized spacial score (nSPS) is 15.2. The predicted molar refractivity (Wildman–Crippen MR) is 125 cm³/mol. The second-order valence-electron chi connectivity index (χ2n) is 7.10. The fourth-order valence-corrected chi connectivity index (χ4v) is 4.63. The van der Waals surface area contributed by atoms with Crippen LogP contribution in [-0.4, -0.2) is 34.5 Å². The molecule has 0 radical (unpaired) electrons. The molecule has 9 heteroatoms. The van der Waals surface area contributed by atoms with Crippen molar-refractivity contribution in [3.63, 3.8) is 0 Å². The van der Waals surface area contributed by atoms with Crippen LogP contribution in [-0.2, 0) is 15.3 Å². The molecule has 0 aliphatic carbocycles. The van der Waals surface area contributed by atoms with Crippen LogP contribution in [0.2, 0.25) is 5.02 Å². The van der Waals surface area contributed by atoms with Crippen LogP contribution < -0.4 is 10.1 Å². The fourth-order valence-electron chi connectivity index (χ4n) is 3.52. The van der Waals surface area contributed by atoms with Crippen molar-refractivity contribution >= 4 is 35.3 Å². The van der Waals surface area contributed by atoms with Gasteiger partial charge in [0.15, 0.2) is 0 Å². The van der Waals surface area contributed by atoms with Crippen molar-refractivity contribution in [1.82, 2.24) is 14.8 Å². The molecule has 0 spiro atoms. The molecular formula is C23H23ClN4O3S. The summed E-state index contributed by atoms with van der Waals surface area (Å²) in [4.78, 5) is 17.5. The molecule has 1 atom stereocenters. The highest BCUT2D eigenvalue weighted by Crippen LogP contribution is 2.37. The van der Waals surface area contributed by atoms with E-state index in [0.29, 0.717) is 33.2 Å². The Hall–Kier alpha value is -2.97. The first-order chi connectivity index (χ1) is 15.5. The first kappa shape index (κ1) is 22.2. The van der Waals surface area contributed by atoms with Crippen LogP contribution in [0.5, 0.6) is 5.75 Å². The van der Waals surface area contributed by atoms with E-state index in [-0.39, 0.29) is 12.6 Å². The number of methoxy groups -OCH3 is 1. The number of carbonyl (C=O) groups is 1. The number of ether oxygens (including phenoxy) is 2. The molecule has 2 aromatic carbocycles. The van der Waals surface area contributed by atoms with Gasteiger partial charge in [0.1, 0.15) is 11.8 Å². The van der Waals surface area contributed by atoms with E-state index in [1.165, 1.54) is 11.8 Å². The molecule has 1 aliphatic rings. The van der Waals surface area contributed by atoms with Gasteiger partial charge >= 0.3 is 5.97 Å². The minimum absolute atomic E-state index is 0.286. The Bertz CT molecular complexity index is 1160. The lowest BCUT2D eigenvalue weighted by Gasteiger charge is -2.28. The summed E-state index contributed by atoms with van der Waals surface area (Å²) in [5, 5.41) is 9.21. The quantitative estimate of drug-likeness (QED) is 0.381. The van der Waals surface area contributed by atoms with Crippen LogP contribution in [0.15, 0.2) is 65.0 Å². The van der Waals surface area contributed by atoms with Crippen molar-refractivity contribution in [3.05, 3.63) is 76.0 Å². The van der Waals surface area contributed by atoms with Crippen molar-refractivity contribution in [1.29, 1.82) is 0 Å². The molecule has 166 valence electrons. The number of hydrogen-bond donors (Lipinski definition) is 1. The minimum Gasteiger partial charge on any atom is -0.497 e. The van der Waals surface area contributed by atoms with Crippen molar-refractivity contribution in [2.75, 3.05) is 19.0 Å². The lowest BCUT2D eigenvalue weighted by Crippen LogP contribution is -2.29. The van der Waals surface area contributed by atoms with Crippen molar-refractivity contribution in [2.45, 2.75) is 30.8 Å². The lowest BCUT2D eigenvalue weighted by atomic mass is 9.96. The van der Waals surface area contributed by atoms with E-state index >= 15 is 0 Å². The van der Waals surface area contributed by atoms with E-state index in [1.54, 1.807) is 18.7 Å². The highest BCUT2D eigenvalue weighted by molar-refractivity contribution is 7.98. The number of rotatable bonds is 7. The average molecular weight is 471 g/mol. The van der Waals surface area contributed by atoms with Gasteiger partial charge in [0.05, 0.1) is 19.3 Å². The molecular weight excluding hydrogens is 448 g/mol. The van der Waals surface area contributed by atoms with Gasteiger partial charge in [-0.05, 0) is 43.2 Å². The molecule has 32 heavy (non-hydrogen) atoms. The smallest absolute Gasteiger partial charge is 0.338 e. The van der Waals surface area contributed by atoms with Crippen molar-refractivity contribution in [3.8, 4) is 5.75 Å². The number of halogens is 1. The van der Waals surface area contributed by atoms with E-state index in [9.17, 15) is 4.79 Å². The summed E-state index contributed by atoms with van der Waals surface area (Å²) < 4.78 is 12.4. The molecule has 2 heterocycles. The maximum Gasteiger partial charge on any atom is 0.338 e. The zero-order valence-electron chi connectivity index (χ0n) is 18.0. The molecule has 7 nitrogen and oxygen atoms in total. The SMILES string of the molecule is CCOC(=O)C1=C(C)Nc2nc(SCc3ccccc3Cl)nn2[C@H]1c1ccc(OC)cc1. The van der Waals surface area contributed by atoms with Crippen LogP contribution in [0.4, 0.5) is 5.95 Å². The second-order valence-corrected chi connectivity index (χ2v) is 8.45. The summed E-state index contributed by atoms with van der Waals surface area (Å²) in [5.41, 5.74) is 3.07. The number of aromatic nitrogens is 3. The molecule has 0 bridgehead atoms. The first-order valence-electron chi connectivity index (χ1n) is 10.1. The maximum absolute atomic E-state index is 12.9. The van der Waals surface area contributed by atoms with E-state index in [0.717, 1.165) is 16.9 Å². The van der Waals surface area contributed by atoms with Gasteiger partial charge in [-0.15, -0.1) is 5.10 Å². The molecule has 3 aromatic rings. The van der Waals surface area contributed by atoms with Gasteiger partial charge in [-0.1, -0.05) is 53.7 Å². The summed E-state index contributed by atoms with van der Waals surface area (Å²) in [6.45, 7) is 3.92. The number of hydrogen-bond acceptors (Lipinski definition) is 7. The Morgan fingerprint density at radius 3 is 2.66 bits per heavy atom. The number of fused-ring (bicyclic) bond motifs is 1. The Morgan fingerprint density at radius 2 is 1.97 bits per heavy atom. The summed E-state index contributed by atoms with van der Waals surface area (Å²) in [7, 11) is 1.62. The summed E-state index contributed by atoms with van der Waals surface area (Å²) in [6.07, 6.45) is 0. The van der Waals surface area contributed by atoms with Gasteiger partial charge < -0.3 is 14.8 Å². The number of carbonyl (C=O) groups excluding carboxylic acids is 1. The first-order valence-corrected chi connectivity index (χ1v) is 11.5. The molecule has 1 aliphatic heterocycles. The van der Waals surface area contributed by atoms with Crippen LogP contribution in [0.3, 0.4) is 0 Å². The van der Waals surface area contributed by atoms with Crippen molar-refractivity contribution < 1.29 is 14.3 Å². The van der Waals surface area contributed by atoms with Gasteiger partial charge in [0, 0.05) is 16.5 Å². The predicted octanol–water partition coefficient (Wildman–Crippen LogP) is 5.08. The van der Waals surface area contributed by atoms with E-state index in [2.05, 4.69) is 10.3 Å². The summed E-state index contributed by atoms with van der Waals surface area (Å²) in [6, 6.07) is 14.8. The molecule has 0 amide bonds. The molecule has 0 saturated carbocycles. The average Bonchev–Trinajstić information content (AvgIpc) is 3.20. The Morgan fingerprint density at radius 1 is 1.22 bits per heavy atom. The Balaban J connectivity index is 1.69. The lowest BCUT2D eigenvalue weighted by molar-refractivity contribution is -0.139. The highest BCUT2D eigenvalue weighted by atomic mass is 35.5. The Labute approximate surface area is 195 Å². The standard InChI is InChI=1S/C23H23ClN4O3S/c1-4-31-21(29)19-14(2)25-22-26-23(32-13-16-7-5-6-8-18(16)24)27-28(22)20(19)15-9-11-17(30-3)12-10-15/h5-12,20H,4,13H2,1-3H3,(H,25,26,27)/t20-/m0/s1. The number of benzene rings is 2. The maximum atomic E-state index is 12.9. The number of nitrogens with one attached hydrogen (secondary N) is 1. The largest absolute Gasteiger partial charge is 0.497 e.